The molecule has 0 atom stereocenters. The zero-order valence-electron chi connectivity index (χ0n) is 9.99. The van der Waals surface area contributed by atoms with Crippen LogP contribution in [-0.4, -0.2) is 17.6 Å². The van der Waals surface area contributed by atoms with Gasteiger partial charge in [0.2, 0.25) is 5.91 Å². The Bertz CT molecular complexity index is 429. The van der Waals surface area contributed by atoms with Crippen molar-refractivity contribution in [2.24, 2.45) is 0 Å². The van der Waals surface area contributed by atoms with Gasteiger partial charge in [0.1, 0.15) is 6.61 Å². The number of amides is 1. The largest absolute Gasteiger partial charge is 0.384 e. The van der Waals surface area contributed by atoms with E-state index in [9.17, 15) is 4.79 Å². The molecular weight excluding hydrogens is 214 g/mol. The molecule has 3 nitrogen and oxygen atoms in total. The summed E-state index contributed by atoms with van der Waals surface area (Å²) in [6, 6.07) is 7.62. The van der Waals surface area contributed by atoms with E-state index >= 15 is 0 Å². The lowest BCUT2D eigenvalue weighted by atomic mass is 10.1. The fourth-order valence-electron chi connectivity index (χ4n) is 1.42. The van der Waals surface area contributed by atoms with E-state index in [2.05, 4.69) is 17.2 Å². The van der Waals surface area contributed by atoms with Crippen molar-refractivity contribution >= 4 is 5.91 Å². The minimum Gasteiger partial charge on any atom is -0.384 e. The first-order chi connectivity index (χ1) is 8.26. The molecular formula is C14H17NO2. The van der Waals surface area contributed by atoms with Crippen LogP contribution in [0.4, 0.5) is 0 Å². The predicted octanol–water partition coefficient (Wildman–Crippen LogP) is 1.45. The van der Waals surface area contributed by atoms with E-state index in [4.69, 9.17) is 5.11 Å². The van der Waals surface area contributed by atoms with Crippen LogP contribution in [0, 0.1) is 11.8 Å². The molecule has 0 saturated carbocycles. The van der Waals surface area contributed by atoms with Gasteiger partial charge in [-0.2, -0.15) is 0 Å². The SMILES string of the molecule is CCCC(=O)NCc1cccc(C#CCO)c1. The molecule has 0 saturated heterocycles. The molecule has 0 bridgehead atoms. The second-order valence-corrected chi connectivity index (χ2v) is 3.69. The molecule has 2 N–H and O–H groups in total. The van der Waals surface area contributed by atoms with Crippen molar-refractivity contribution in [3.63, 3.8) is 0 Å². The fraction of sp³-hybridized carbons (Fsp3) is 0.357. The van der Waals surface area contributed by atoms with Crippen LogP contribution in [0.2, 0.25) is 0 Å². The molecule has 0 unspecified atom stereocenters. The van der Waals surface area contributed by atoms with E-state index in [-0.39, 0.29) is 12.5 Å². The van der Waals surface area contributed by atoms with E-state index in [1.54, 1.807) is 0 Å². The van der Waals surface area contributed by atoms with Crippen molar-refractivity contribution in [2.75, 3.05) is 6.61 Å². The Morgan fingerprint density at radius 1 is 1.47 bits per heavy atom. The Hall–Kier alpha value is -1.79. The number of rotatable bonds is 4. The summed E-state index contributed by atoms with van der Waals surface area (Å²) < 4.78 is 0. The van der Waals surface area contributed by atoms with Crippen molar-refractivity contribution in [1.29, 1.82) is 0 Å². The molecule has 0 heterocycles. The number of hydrogen-bond donors (Lipinski definition) is 2. The van der Waals surface area contributed by atoms with E-state index in [1.165, 1.54) is 0 Å². The Labute approximate surface area is 102 Å². The van der Waals surface area contributed by atoms with Gasteiger partial charge in [-0.25, -0.2) is 0 Å². The first kappa shape index (κ1) is 13.3. The van der Waals surface area contributed by atoms with Gasteiger partial charge in [-0.3, -0.25) is 4.79 Å². The lowest BCUT2D eigenvalue weighted by molar-refractivity contribution is -0.121. The van der Waals surface area contributed by atoms with E-state index < -0.39 is 0 Å². The average molecular weight is 231 g/mol. The van der Waals surface area contributed by atoms with Gasteiger partial charge in [0.25, 0.3) is 0 Å². The number of carbonyl (C=O) groups is 1. The quantitative estimate of drug-likeness (QED) is 0.770. The lowest BCUT2D eigenvalue weighted by Crippen LogP contribution is -2.22. The van der Waals surface area contributed by atoms with Crippen molar-refractivity contribution < 1.29 is 9.90 Å². The minimum absolute atomic E-state index is 0.0688. The lowest BCUT2D eigenvalue weighted by Gasteiger charge is -2.04. The van der Waals surface area contributed by atoms with Gasteiger partial charge in [-0.15, -0.1) is 0 Å². The predicted molar refractivity (Wildman–Crippen MR) is 67.2 cm³/mol. The molecule has 0 aliphatic rings. The average Bonchev–Trinajstić information content (AvgIpc) is 2.35. The van der Waals surface area contributed by atoms with E-state index in [0.717, 1.165) is 17.5 Å². The molecule has 17 heavy (non-hydrogen) atoms. The standard InChI is InChI=1S/C14H17NO2/c1-2-5-14(17)15-11-13-7-3-6-12(10-13)8-4-9-16/h3,6-7,10,16H,2,5,9,11H2,1H3,(H,15,17). The highest BCUT2D eigenvalue weighted by Crippen LogP contribution is 2.04. The van der Waals surface area contributed by atoms with E-state index in [0.29, 0.717) is 13.0 Å². The van der Waals surface area contributed by atoms with Crippen LogP contribution in [0.5, 0.6) is 0 Å². The summed E-state index contributed by atoms with van der Waals surface area (Å²) >= 11 is 0. The Kier molecular flexibility index (Phi) is 5.84. The number of benzene rings is 1. The first-order valence-corrected chi connectivity index (χ1v) is 5.71. The number of aliphatic hydroxyl groups is 1. The van der Waals surface area contributed by atoms with Gasteiger partial charge in [0.15, 0.2) is 0 Å². The summed E-state index contributed by atoms with van der Waals surface area (Å²) in [6.07, 6.45) is 1.41. The zero-order valence-corrected chi connectivity index (χ0v) is 9.99. The van der Waals surface area contributed by atoms with Gasteiger partial charge in [0.05, 0.1) is 0 Å². The van der Waals surface area contributed by atoms with Crippen molar-refractivity contribution in [3.8, 4) is 11.8 Å². The summed E-state index contributed by atoms with van der Waals surface area (Å²) in [5.41, 5.74) is 1.86. The second kappa shape index (κ2) is 7.48. The number of carbonyl (C=O) groups excluding carboxylic acids is 1. The molecule has 1 aromatic rings. The summed E-state index contributed by atoms with van der Waals surface area (Å²) in [7, 11) is 0. The Morgan fingerprint density at radius 2 is 2.29 bits per heavy atom. The van der Waals surface area contributed by atoms with Crippen LogP contribution in [0.1, 0.15) is 30.9 Å². The summed E-state index contributed by atoms with van der Waals surface area (Å²) in [4.78, 5) is 11.3. The van der Waals surface area contributed by atoms with Gasteiger partial charge >= 0.3 is 0 Å². The van der Waals surface area contributed by atoms with Crippen LogP contribution in [0.15, 0.2) is 24.3 Å². The summed E-state index contributed by atoms with van der Waals surface area (Å²) in [6.45, 7) is 2.36. The van der Waals surface area contributed by atoms with Gasteiger partial charge in [-0.1, -0.05) is 30.9 Å². The van der Waals surface area contributed by atoms with Crippen LogP contribution in [0.3, 0.4) is 0 Å². The zero-order chi connectivity index (χ0) is 12.5. The molecule has 0 aliphatic carbocycles. The van der Waals surface area contributed by atoms with Crippen LogP contribution in [-0.2, 0) is 11.3 Å². The number of nitrogens with one attached hydrogen (secondary N) is 1. The topological polar surface area (TPSA) is 49.3 Å². The third-order valence-corrected chi connectivity index (χ3v) is 2.21. The molecule has 90 valence electrons. The number of hydrogen-bond acceptors (Lipinski definition) is 2. The molecule has 0 spiro atoms. The van der Waals surface area contributed by atoms with Crippen molar-refractivity contribution in [3.05, 3.63) is 35.4 Å². The molecule has 3 heteroatoms. The Morgan fingerprint density at radius 3 is 3.00 bits per heavy atom. The summed E-state index contributed by atoms with van der Waals surface area (Å²) in [5, 5.41) is 11.4. The monoisotopic (exact) mass is 231 g/mol. The Balaban J connectivity index is 2.57. The molecule has 1 rings (SSSR count). The molecule has 1 amide bonds. The van der Waals surface area contributed by atoms with E-state index in [1.807, 2.05) is 31.2 Å². The van der Waals surface area contributed by atoms with Gasteiger partial charge < -0.3 is 10.4 Å². The van der Waals surface area contributed by atoms with Crippen molar-refractivity contribution in [2.45, 2.75) is 26.3 Å². The highest BCUT2D eigenvalue weighted by Gasteiger charge is 1.99. The molecule has 0 radical (unpaired) electrons. The third kappa shape index (κ3) is 5.19. The van der Waals surface area contributed by atoms with Crippen LogP contribution < -0.4 is 5.32 Å². The minimum atomic E-state index is -0.141. The highest BCUT2D eigenvalue weighted by atomic mass is 16.2. The second-order valence-electron chi connectivity index (χ2n) is 3.69. The maximum atomic E-state index is 11.3. The van der Waals surface area contributed by atoms with Gasteiger partial charge in [0, 0.05) is 18.5 Å². The molecule has 0 aromatic heterocycles. The molecule has 0 fully saturated rings. The van der Waals surface area contributed by atoms with Gasteiger partial charge in [-0.05, 0) is 24.1 Å². The smallest absolute Gasteiger partial charge is 0.220 e. The first-order valence-electron chi connectivity index (χ1n) is 5.71. The van der Waals surface area contributed by atoms with Crippen LogP contribution >= 0.6 is 0 Å². The third-order valence-electron chi connectivity index (χ3n) is 2.21. The molecule has 1 aromatic carbocycles. The maximum absolute atomic E-state index is 11.3. The highest BCUT2D eigenvalue weighted by molar-refractivity contribution is 5.75. The fourth-order valence-corrected chi connectivity index (χ4v) is 1.42. The number of aliphatic hydroxyl groups excluding tert-OH is 1. The normalized spacial score (nSPS) is 9.29. The van der Waals surface area contributed by atoms with Crippen LogP contribution in [0.25, 0.3) is 0 Å². The van der Waals surface area contributed by atoms with Crippen molar-refractivity contribution in [1.82, 2.24) is 5.32 Å². The summed E-state index contributed by atoms with van der Waals surface area (Å²) in [5.74, 6) is 5.50. The molecule has 0 aliphatic heterocycles. The maximum Gasteiger partial charge on any atom is 0.220 e.